The summed E-state index contributed by atoms with van der Waals surface area (Å²) in [7, 11) is 1.30. The van der Waals surface area contributed by atoms with E-state index in [1.54, 1.807) is 36.4 Å². The van der Waals surface area contributed by atoms with Crippen LogP contribution in [0.4, 0.5) is 11.7 Å². The highest BCUT2D eigenvalue weighted by Crippen LogP contribution is 2.60. The summed E-state index contributed by atoms with van der Waals surface area (Å²) < 4.78 is 48.6. The van der Waals surface area contributed by atoms with Crippen molar-refractivity contribution in [1.29, 1.82) is 0 Å². The van der Waals surface area contributed by atoms with E-state index in [1.807, 2.05) is 0 Å². The van der Waals surface area contributed by atoms with Crippen LogP contribution in [-0.4, -0.2) is 18.1 Å². The third-order valence-electron chi connectivity index (χ3n) is 3.69. The molecule has 0 amide bonds. The van der Waals surface area contributed by atoms with Crippen molar-refractivity contribution in [1.82, 2.24) is 4.98 Å². The lowest BCUT2D eigenvalue weighted by molar-refractivity contribution is 0.0600. The minimum absolute atomic E-state index is 0.244. The minimum Gasteiger partial charge on any atom is -0.465 e. The summed E-state index contributed by atoms with van der Waals surface area (Å²) in [6.45, 7) is 0. The van der Waals surface area contributed by atoms with Gasteiger partial charge in [-0.05, 0) is 54.1 Å². The number of pyridine rings is 1. The van der Waals surface area contributed by atoms with Gasteiger partial charge < -0.3 is 9.47 Å². The van der Waals surface area contributed by atoms with E-state index >= 15 is 0 Å². The first kappa shape index (κ1) is 18.8. The standard InChI is InChI=1S/C19H14F3NO3S/c1-25-19(24)14-6-4-13(5-7-14)17-3-2-12-23-18(17)26-15-8-10-16(11-9-15)27(20,21)22/h2-12H,1H3. The lowest BCUT2D eigenvalue weighted by Gasteiger charge is -2.12. The number of halogens is 3. The number of nitrogens with zero attached hydrogens (tertiary/aromatic N) is 1. The lowest BCUT2D eigenvalue weighted by Crippen LogP contribution is -2.00. The predicted molar refractivity (Wildman–Crippen MR) is 96.7 cm³/mol. The van der Waals surface area contributed by atoms with Gasteiger partial charge in [0.05, 0.1) is 17.6 Å². The van der Waals surface area contributed by atoms with Gasteiger partial charge in [-0.2, -0.15) is 0 Å². The number of aromatic nitrogens is 1. The normalized spacial score (nSPS) is 11.7. The molecule has 0 saturated heterocycles. The van der Waals surface area contributed by atoms with Crippen molar-refractivity contribution < 1.29 is 25.9 Å². The summed E-state index contributed by atoms with van der Waals surface area (Å²) in [6, 6.07) is 14.6. The summed E-state index contributed by atoms with van der Waals surface area (Å²) in [5, 5.41) is 0. The lowest BCUT2D eigenvalue weighted by atomic mass is 10.1. The van der Waals surface area contributed by atoms with E-state index in [1.165, 1.54) is 25.4 Å². The van der Waals surface area contributed by atoms with Gasteiger partial charge in [0.25, 0.3) is 0 Å². The quantitative estimate of drug-likeness (QED) is 0.488. The summed E-state index contributed by atoms with van der Waals surface area (Å²) >= 11 is -5.27. The van der Waals surface area contributed by atoms with Gasteiger partial charge in [0.15, 0.2) is 0 Å². The molecule has 0 atom stereocenters. The number of esters is 1. The number of rotatable bonds is 5. The second kappa shape index (κ2) is 7.71. The minimum atomic E-state index is -5.27. The van der Waals surface area contributed by atoms with Gasteiger partial charge in [0.1, 0.15) is 5.75 Å². The average molecular weight is 393 g/mol. The fourth-order valence-corrected chi connectivity index (χ4v) is 2.81. The fraction of sp³-hybridized carbons (Fsp3) is 0.0526. The molecule has 140 valence electrons. The molecule has 0 aliphatic rings. The fourth-order valence-electron chi connectivity index (χ4n) is 2.37. The number of hydrogen-bond acceptors (Lipinski definition) is 4. The molecule has 0 fully saturated rings. The molecule has 1 heterocycles. The molecule has 0 radical (unpaired) electrons. The number of hydrogen-bond donors (Lipinski definition) is 0. The van der Waals surface area contributed by atoms with Crippen LogP contribution in [0.5, 0.6) is 11.6 Å². The Morgan fingerprint density at radius 2 is 1.63 bits per heavy atom. The molecule has 4 nitrogen and oxygen atoms in total. The zero-order chi connectivity index (χ0) is 19.4. The van der Waals surface area contributed by atoms with E-state index in [-0.39, 0.29) is 11.6 Å². The first-order valence-corrected chi connectivity index (χ1v) is 9.06. The summed E-state index contributed by atoms with van der Waals surface area (Å²) in [4.78, 5) is 15.0. The van der Waals surface area contributed by atoms with E-state index in [9.17, 15) is 16.5 Å². The zero-order valence-electron chi connectivity index (χ0n) is 14.1. The van der Waals surface area contributed by atoms with Crippen molar-refractivity contribution in [2.24, 2.45) is 0 Å². The third-order valence-corrected chi connectivity index (χ3v) is 4.50. The molecule has 2 aromatic carbocycles. The van der Waals surface area contributed by atoms with Crippen LogP contribution in [0.1, 0.15) is 10.4 Å². The van der Waals surface area contributed by atoms with Crippen LogP contribution in [0.25, 0.3) is 11.1 Å². The summed E-state index contributed by atoms with van der Waals surface area (Å²) in [5.74, 6) is 0.0417. The second-order valence-electron chi connectivity index (χ2n) is 5.40. The molecule has 0 saturated carbocycles. The Morgan fingerprint density at radius 1 is 0.963 bits per heavy atom. The molecule has 0 spiro atoms. The largest absolute Gasteiger partial charge is 0.465 e. The molecule has 0 unspecified atom stereocenters. The Kier molecular flexibility index (Phi) is 5.36. The van der Waals surface area contributed by atoms with Crippen LogP contribution >= 0.6 is 11.2 Å². The van der Waals surface area contributed by atoms with E-state index in [0.29, 0.717) is 11.1 Å². The van der Waals surface area contributed by atoms with Gasteiger partial charge in [-0.3, -0.25) is 0 Å². The molecule has 0 aliphatic carbocycles. The predicted octanol–water partition coefficient (Wildman–Crippen LogP) is 6.14. The van der Waals surface area contributed by atoms with Crippen LogP contribution in [-0.2, 0) is 4.74 Å². The van der Waals surface area contributed by atoms with Crippen LogP contribution in [0, 0.1) is 0 Å². The first-order valence-electron chi connectivity index (χ1n) is 7.72. The topological polar surface area (TPSA) is 48.4 Å². The van der Waals surface area contributed by atoms with E-state index in [4.69, 9.17) is 4.74 Å². The third kappa shape index (κ3) is 4.40. The number of ether oxygens (including phenoxy) is 2. The monoisotopic (exact) mass is 393 g/mol. The van der Waals surface area contributed by atoms with E-state index < -0.39 is 22.1 Å². The number of carbonyl (C=O) groups excluding carboxylic acids is 1. The average Bonchev–Trinajstić information content (AvgIpc) is 2.68. The van der Waals surface area contributed by atoms with Crippen LogP contribution in [0.15, 0.2) is 71.8 Å². The van der Waals surface area contributed by atoms with Crippen molar-refractivity contribution >= 4 is 17.2 Å². The van der Waals surface area contributed by atoms with Gasteiger partial charge in [0.2, 0.25) is 17.1 Å². The van der Waals surface area contributed by atoms with E-state index in [2.05, 4.69) is 9.72 Å². The Labute approximate surface area is 155 Å². The van der Waals surface area contributed by atoms with E-state index in [0.717, 1.165) is 17.7 Å². The molecule has 3 rings (SSSR count). The molecule has 27 heavy (non-hydrogen) atoms. The Bertz CT molecular complexity index is 942. The van der Waals surface area contributed by atoms with Crippen molar-refractivity contribution in [2.75, 3.05) is 7.11 Å². The maximum Gasteiger partial charge on any atom is 0.337 e. The maximum atomic E-state index is 12.7. The highest BCUT2D eigenvalue weighted by atomic mass is 32.3. The molecule has 1 aromatic heterocycles. The van der Waals surface area contributed by atoms with Crippen molar-refractivity contribution in [3.63, 3.8) is 0 Å². The number of benzene rings is 2. The highest BCUT2D eigenvalue weighted by molar-refractivity contribution is 8.20. The number of methoxy groups -OCH3 is 1. The maximum absolute atomic E-state index is 12.7. The number of carbonyl (C=O) groups is 1. The van der Waals surface area contributed by atoms with Crippen LogP contribution in [0.3, 0.4) is 0 Å². The van der Waals surface area contributed by atoms with Crippen LogP contribution in [0.2, 0.25) is 0 Å². The van der Waals surface area contributed by atoms with Crippen molar-refractivity contribution in [3.05, 3.63) is 72.4 Å². The van der Waals surface area contributed by atoms with Gasteiger partial charge >= 0.3 is 5.97 Å². The van der Waals surface area contributed by atoms with Gasteiger partial charge in [0, 0.05) is 11.8 Å². The van der Waals surface area contributed by atoms with Crippen molar-refractivity contribution in [2.45, 2.75) is 4.90 Å². The SMILES string of the molecule is COC(=O)c1ccc(-c2cccnc2Oc2ccc(S(F)(F)F)cc2)cc1. The van der Waals surface area contributed by atoms with Gasteiger partial charge in [-0.1, -0.05) is 12.1 Å². The molecule has 0 N–H and O–H groups in total. The molecule has 8 heteroatoms. The molecule has 3 aromatic rings. The van der Waals surface area contributed by atoms with Gasteiger partial charge in [-0.25, -0.2) is 9.78 Å². The Hall–Kier alpha value is -3.00. The Balaban J connectivity index is 1.87. The smallest absolute Gasteiger partial charge is 0.337 e. The second-order valence-corrected chi connectivity index (χ2v) is 6.69. The summed E-state index contributed by atoms with van der Waals surface area (Å²) in [6.07, 6.45) is 1.52. The van der Waals surface area contributed by atoms with Gasteiger partial charge in [-0.15, -0.1) is 11.7 Å². The zero-order valence-corrected chi connectivity index (χ0v) is 14.9. The first-order chi connectivity index (χ1) is 12.9. The molecule has 0 bridgehead atoms. The van der Waals surface area contributed by atoms with Crippen LogP contribution < -0.4 is 4.74 Å². The summed E-state index contributed by atoms with van der Waals surface area (Å²) in [5.41, 5.74) is 1.78. The van der Waals surface area contributed by atoms with Crippen molar-refractivity contribution in [3.8, 4) is 22.8 Å². The molecule has 0 aliphatic heterocycles. The Morgan fingerprint density at radius 3 is 2.22 bits per heavy atom. The molecular weight excluding hydrogens is 379 g/mol. The highest BCUT2D eigenvalue weighted by Gasteiger charge is 2.24. The molecular formula is C19H14F3NO3S.